The highest BCUT2D eigenvalue weighted by Crippen LogP contribution is 2.37. The SMILES string of the molecule is CCOC(=O)c1c(NC(=O)CCSc2ncccn2)sc2c1CCCCCC2. The topological polar surface area (TPSA) is 81.2 Å². The molecule has 0 aliphatic heterocycles. The molecule has 0 radical (unpaired) electrons. The molecule has 0 bridgehead atoms. The molecule has 3 rings (SSSR count). The molecule has 0 fully saturated rings. The van der Waals surface area contributed by atoms with Crippen molar-refractivity contribution in [2.75, 3.05) is 17.7 Å². The van der Waals surface area contributed by atoms with Crippen LogP contribution >= 0.6 is 23.1 Å². The average Bonchev–Trinajstić information content (AvgIpc) is 2.99. The molecule has 1 N–H and O–H groups in total. The van der Waals surface area contributed by atoms with Gasteiger partial charge < -0.3 is 10.1 Å². The molecule has 1 aliphatic carbocycles. The Hall–Kier alpha value is -1.93. The lowest BCUT2D eigenvalue weighted by Crippen LogP contribution is -2.15. The van der Waals surface area contributed by atoms with Crippen molar-refractivity contribution in [3.63, 3.8) is 0 Å². The van der Waals surface area contributed by atoms with Gasteiger partial charge in [0.1, 0.15) is 5.00 Å². The number of anilines is 1. The first-order chi connectivity index (χ1) is 13.7. The van der Waals surface area contributed by atoms with Gasteiger partial charge in [-0.1, -0.05) is 24.6 Å². The Morgan fingerprint density at radius 3 is 2.68 bits per heavy atom. The Morgan fingerprint density at radius 2 is 1.93 bits per heavy atom. The van der Waals surface area contributed by atoms with E-state index in [0.29, 0.717) is 34.5 Å². The summed E-state index contributed by atoms with van der Waals surface area (Å²) in [7, 11) is 0. The van der Waals surface area contributed by atoms with Gasteiger partial charge in [0, 0.05) is 29.4 Å². The smallest absolute Gasteiger partial charge is 0.341 e. The van der Waals surface area contributed by atoms with E-state index in [2.05, 4.69) is 15.3 Å². The molecule has 0 saturated heterocycles. The Kier molecular flexibility index (Phi) is 7.85. The van der Waals surface area contributed by atoms with Crippen LogP contribution in [0, 0.1) is 0 Å². The molecule has 2 aromatic rings. The van der Waals surface area contributed by atoms with E-state index in [1.54, 1.807) is 25.4 Å². The third-order valence-corrected chi connectivity index (χ3v) is 6.59. The number of rotatable bonds is 7. The molecule has 1 amide bonds. The molecule has 28 heavy (non-hydrogen) atoms. The number of fused-ring (bicyclic) bond motifs is 1. The van der Waals surface area contributed by atoms with E-state index >= 15 is 0 Å². The second-order valence-electron chi connectivity index (χ2n) is 6.52. The molecular formula is C20H25N3O3S2. The number of esters is 1. The standard InChI is InChI=1S/C20H25N3O3S2/c1-2-26-19(25)17-14-8-5-3-4-6-9-15(14)28-18(17)23-16(24)10-13-27-20-21-11-7-12-22-20/h7,11-12H,2-6,8-10,13H2,1H3,(H,23,24). The third-order valence-electron chi connectivity index (χ3n) is 4.51. The van der Waals surface area contributed by atoms with Crippen molar-refractivity contribution < 1.29 is 14.3 Å². The number of amides is 1. The first kappa shape index (κ1) is 20.8. The van der Waals surface area contributed by atoms with E-state index in [9.17, 15) is 9.59 Å². The zero-order chi connectivity index (χ0) is 19.8. The summed E-state index contributed by atoms with van der Waals surface area (Å²) in [6, 6.07) is 1.76. The van der Waals surface area contributed by atoms with Gasteiger partial charge in [-0.2, -0.15) is 0 Å². The molecule has 0 aromatic carbocycles. The van der Waals surface area contributed by atoms with Crippen LogP contribution in [0.4, 0.5) is 5.00 Å². The Balaban J connectivity index is 1.69. The minimum absolute atomic E-state index is 0.108. The van der Waals surface area contributed by atoms with Crippen LogP contribution in [-0.4, -0.2) is 34.2 Å². The number of hydrogen-bond acceptors (Lipinski definition) is 7. The van der Waals surface area contributed by atoms with Crippen LogP contribution in [0.1, 0.15) is 59.8 Å². The molecular weight excluding hydrogens is 394 g/mol. The molecule has 0 unspecified atom stereocenters. The molecule has 0 atom stereocenters. The van der Waals surface area contributed by atoms with E-state index in [1.807, 2.05) is 0 Å². The summed E-state index contributed by atoms with van der Waals surface area (Å²) < 4.78 is 5.28. The monoisotopic (exact) mass is 419 g/mol. The fourth-order valence-corrected chi connectivity index (χ4v) is 5.25. The summed E-state index contributed by atoms with van der Waals surface area (Å²) in [5.74, 6) is 0.140. The molecule has 0 spiro atoms. The number of ether oxygens (including phenoxy) is 1. The maximum atomic E-state index is 12.6. The minimum atomic E-state index is -0.331. The third kappa shape index (κ3) is 5.54. The predicted molar refractivity (Wildman–Crippen MR) is 112 cm³/mol. The lowest BCUT2D eigenvalue weighted by molar-refractivity contribution is -0.115. The van der Waals surface area contributed by atoms with Gasteiger partial charge in [-0.05, 0) is 44.2 Å². The minimum Gasteiger partial charge on any atom is -0.462 e. The van der Waals surface area contributed by atoms with Crippen LogP contribution in [0.2, 0.25) is 0 Å². The fourth-order valence-electron chi connectivity index (χ4n) is 3.21. The zero-order valence-corrected chi connectivity index (χ0v) is 17.7. The van der Waals surface area contributed by atoms with Crippen LogP contribution in [0.15, 0.2) is 23.6 Å². The van der Waals surface area contributed by atoms with Gasteiger partial charge in [-0.3, -0.25) is 4.79 Å². The van der Waals surface area contributed by atoms with Crippen molar-refractivity contribution in [1.29, 1.82) is 0 Å². The molecule has 2 heterocycles. The summed E-state index contributed by atoms with van der Waals surface area (Å²) in [5, 5.41) is 4.25. The number of aryl methyl sites for hydroxylation is 1. The first-order valence-electron chi connectivity index (χ1n) is 9.70. The Labute approximate surface area is 173 Å². The highest BCUT2D eigenvalue weighted by molar-refractivity contribution is 7.99. The van der Waals surface area contributed by atoms with Crippen molar-refractivity contribution in [3.8, 4) is 0 Å². The summed E-state index contributed by atoms with van der Waals surface area (Å²) >= 11 is 2.97. The number of thiophene rings is 1. The van der Waals surface area contributed by atoms with E-state index in [0.717, 1.165) is 31.2 Å². The number of nitrogens with one attached hydrogen (secondary N) is 1. The molecule has 0 saturated carbocycles. The second-order valence-corrected chi connectivity index (χ2v) is 8.69. The molecule has 6 nitrogen and oxygen atoms in total. The van der Waals surface area contributed by atoms with Crippen LogP contribution in [-0.2, 0) is 22.4 Å². The highest BCUT2D eigenvalue weighted by Gasteiger charge is 2.26. The highest BCUT2D eigenvalue weighted by atomic mass is 32.2. The number of carbonyl (C=O) groups is 2. The molecule has 2 aromatic heterocycles. The van der Waals surface area contributed by atoms with Crippen molar-refractivity contribution >= 4 is 40.0 Å². The maximum Gasteiger partial charge on any atom is 0.341 e. The Bertz CT molecular complexity index is 809. The van der Waals surface area contributed by atoms with Gasteiger partial charge in [0.15, 0.2) is 5.16 Å². The molecule has 150 valence electrons. The lowest BCUT2D eigenvalue weighted by atomic mass is 9.96. The summed E-state index contributed by atoms with van der Waals surface area (Å²) in [4.78, 5) is 34.6. The summed E-state index contributed by atoms with van der Waals surface area (Å²) in [6.07, 6.45) is 10.1. The van der Waals surface area contributed by atoms with Gasteiger partial charge in [0.05, 0.1) is 12.2 Å². The largest absolute Gasteiger partial charge is 0.462 e. The predicted octanol–water partition coefficient (Wildman–Crippen LogP) is 4.49. The number of carbonyl (C=O) groups excluding carboxylic acids is 2. The van der Waals surface area contributed by atoms with Crippen molar-refractivity contribution in [2.24, 2.45) is 0 Å². The summed E-state index contributed by atoms with van der Waals surface area (Å²) in [6.45, 7) is 2.12. The number of aromatic nitrogens is 2. The van der Waals surface area contributed by atoms with Crippen molar-refractivity contribution in [1.82, 2.24) is 9.97 Å². The van der Waals surface area contributed by atoms with Gasteiger partial charge >= 0.3 is 5.97 Å². The van der Waals surface area contributed by atoms with E-state index < -0.39 is 0 Å². The molecule has 1 aliphatic rings. The van der Waals surface area contributed by atoms with Crippen LogP contribution in [0.5, 0.6) is 0 Å². The Morgan fingerprint density at radius 1 is 1.18 bits per heavy atom. The normalized spacial score (nSPS) is 13.9. The fraction of sp³-hybridized carbons (Fsp3) is 0.500. The van der Waals surface area contributed by atoms with Gasteiger partial charge in [0.25, 0.3) is 0 Å². The average molecular weight is 420 g/mol. The van der Waals surface area contributed by atoms with Crippen LogP contribution < -0.4 is 5.32 Å². The number of nitrogens with zero attached hydrogens (tertiary/aromatic N) is 2. The van der Waals surface area contributed by atoms with E-state index in [1.165, 1.54) is 40.8 Å². The van der Waals surface area contributed by atoms with Gasteiger partial charge in [0.2, 0.25) is 5.91 Å². The zero-order valence-electron chi connectivity index (χ0n) is 16.0. The lowest BCUT2D eigenvalue weighted by Gasteiger charge is -2.11. The maximum absolute atomic E-state index is 12.6. The van der Waals surface area contributed by atoms with Crippen LogP contribution in [0.3, 0.4) is 0 Å². The summed E-state index contributed by atoms with van der Waals surface area (Å²) in [5.41, 5.74) is 1.64. The van der Waals surface area contributed by atoms with Gasteiger partial charge in [-0.15, -0.1) is 11.3 Å². The van der Waals surface area contributed by atoms with Crippen LogP contribution in [0.25, 0.3) is 0 Å². The number of thioether (sulfide) groups is 1. The quantitative estimate of drug-likeness (QED) is 0.404. The first-order valence-corrected chi connectivity index (χ1v) is 11.5. The van der Waals surface area contributed by atoms with E-state index in [4.69, 9.17) is 4.74 Å². The second kappa shape index (κ2) is 10.6. The van der Waals surface area contributed by atoms with Crippen molar-refractivity contribution in [3.05, 3.63) is 34.5 Å². The molecule has 8 heteroatoms. The number of hydrogen-bond donors (Lipinski definition) is 1. The van der Waals surface area contributed by atoms with E-state index in [-0.39, 0.29) is 11.9 Å². The van der Waals surface area contributed by atoms with Crippen molar-refractivity contribution in [2.45, 2.75) is 57.0 Å². The van der Waals surface area contributed by atoms with Gasteiger partial charge in [-0.25, -0.2) is 14.8 Å².